The second kappa shape index (κ2) is 20.4. The molecule has 0 bridgehead atoms. The number of aliphatic hydroxyl groups excluding tert-OH is 2. The van der Waals surface area contributed by atoms with Crippen molar-refractivity contribution in [3.63, 3.8) is 0 Å². The van der Waals surface area contributed by atoms with Crippen LogP contribution in [0.15, 0.2) is 22.3 Å². The van der Waals surface area contributed by atoms with Crippen LogP contribution in [-0.4, -0.2) is 74.0 Å². The highest BCUT2D eigenvalue weighted by atomic mass is 16.6. The molecule has 6 rings (SSSR count). The van der Waals surface area contributed by atoms with E-state index in [9.17, 15) is 19.8 Å². The van der Waals surface area contributed by atoms with Gasteiger partial charge in [-0.1, -0.05) is 89.5 Å². The van der Waals surface area contributed by atoms with Crippen molar-refractivity contribution in [2.24, 2.45) is 57.2 Å². The number of hydrogen-bond acceptors (Lipinski definition) is 8. The molecule has 342 valence electrons. The van der Waals surface area contributed by atoms with Gasteiger partial charge < -0.3 is 29.2 Å². The summed E-state index contributed by atoms with van der Waals surface area (Å²) in [5, 5.41) is 21.2. The lowest BCUT2D eigenvalue weighted by molar-refractivity contribution is -0.170. The van der Waals surface area contributed by atoms with Gasteiger partial charge in [-0.05, 0) is 163 Å². The largest absolute Gasteiger partial charge is 0.462 e. The molecule has 0 saturated heterocycles. The smallest absolute Gasteiger partial charge is 0.312 e. The zero-order valence-electron chi connectivity index (χ0n) is 39.3. The predicted molar refractivity (Wildman–Crippen MR) is 238 cm³/mol. The fraction of sp³-hybridized carbons (Fsp3) is 0.885. The molecule has 8 nitrogen and oxygen atoms in total. The quantitative estimate of drug-likeness (QED) is 0.0751. The summed E-state index contributed by atoms with van der Waals surface area (Å²) in [6.07, 6.45) is 19.9. The van der Waals surface area contributed by atoms with Crippen molar-refractivity contribution >= 4 is 11.9 Å². The number of unbranched alkanes of at least 4 members (excludes halogenated alkanes) is 3. The minimum absolute atomic E-state index is 0.0261. The molecule has 6 aliphatic rings. The Labute approximate surface area is 364 Å². The van der Waals surface area contributed by atoms with Crippen LogP contribution >= 0.6 is 0 Å². The van der Waals surface area contributed by atoms with Crippen molar-refractivity contribution in [3.05, 3.63) is 22.3 Å². The maximum absolute atomic E-state index is 13.7. The van der Waals surface area contributed by atoms with Gasteiger partial charge in [-0.15, -0.1) is 0 Å². The van der Waals surface area contributed by atoms with E-state index in [1.807, 2.05) is 0 Å². The fourth-order valence-corrected chi connectivity index (χ4v) is 14.0. The SMILES string of the molecule is CC(C)C1CCC2=C(CCC3C(C)(C(=O)OCC(O)COCCCCCCOCC(O)COC(=O)C4(C)CCCC5(C)C6=C(CCC45)CC(C(C)C)CC6)CCCC23C)C1. The van der Waals surface area contributed by atoms with E-state index in [1.165, 1.54) is 38.5 Å². The Kier molecular flexibility index (Phi) is 16.2. The Hall–Kier alpha value is -1.74. The van der Waals surface area contributed by atoms with Crippen LogP contribution in [0.5, 0.6) is 0 Å². The Bertz CT molecular complexity index is 1420. The van der Waals surface area contributed by atoms with Crippen molar-refractivity contribution < 1.29 is 38.7 Å². The molecule has 60 heavy (non-hydrogen) atoms. The van der Waals surface area contributed by atoms with Crippen molar-refractivity contribution in [3.8, 4) is 0 Å². The Morgan fingerprint density at radius 2 is 0.967 bits per heavy atom. The number of ether oxygens (including phenoxy) is 4. The number of carbonyl (C=O) groups is 2. The summed E-state index contributed by atoms with van der Waals surface area (Å²) in [7, 11) is 0. The first-order valence-electron chi connectivity index (χ1n) is 24.8. The zero-order valence-corrected chi connectivity index (χ0v) is 39.3. The zero-order chi connectivity index (χ0) is 43.3. The van der Waals surface area contributed by atoms with E-state index in [2.05, 4.69) is 55.4 Å². The van der Waals surface area contributed by atoms with Gasteiger partial charge in [0.05, 0.1) is 24.0 Å². The minimum atomic E-state index is -0.836. The fourth-order valence-electron chi connectivity index (χ4n) is 14.0. The van der Waals surface area contributed by atoms with Crippen LogP contribution in [0.4, 0.5) is 0 Å². The summed E-state index contributed by atoms with van der Waals surface area (Å²) in [5.41, 5.74) is 5.82. The lowest BCUT2D eigenvalue weighted by atomic mass is 9.48. The number of aliphatic hydroxyl groups is 2. The molecule has 0 aromatic rings. The van der Waals surface area contributed by atoms with Gasteiger partial charge in [0.1, 0.15) is 25.4 Å². The molecule has 2 fully saturated rings. The summed E-state index contributed by atoms with van der Waals surface area (Å²) in [6.45, 7) is 19.9. The summed E-state index contributed by atoms with van der Waals surface area (Å²) in [4.78, 5) is 27.4. The molecular formula is C52H86O8. The second-order valence-electron chi connectivity index (χ2n) is 22.3. The second-order valence-corrected chi connectivity index (χ2v) is 22.3. The monoisotopic (exact) mass is 839 g/mol. The molecule has 0 aliphatic heterocycles. The van der Waals surface area contributed by atoms with E-state index in [0.717, 1.165) is 114 Å². The maximum Gasteiger partial charge on any atom is 0.312 e. The van der Waals surface area contributed by atoms with E-state index in [1.54, 1.807) is 22.3 Å². The first kappa shape index (κ1) is 47.7. The van der Waals surface area contributed by atoms with Gasteiger partial charge in [0.25, 0.3) is 0 Å². The molecule has 10 unspecified atom stereocenters. The average molecular weight is 839 g/mol. The lowest BCUT2D eigenvalue weighted by Gasteiger charge is -2.56. The lowest BCUT2D eigenvalue weighted by Crippen LogP contribution is -2.52. The molecule has 10 atom stereocenters. The van der Waals surface area contributed by atoms with E-state index < -0.39 is 23.0 Å². The van der Waals surface area contributed by atoms with Crippen LogP contribution in [-0.2, 0) is 28.5 Å². The Balaban J connectivity index is 0.808. The van der Waals surface area contributed by atoms with Crippen molar-refractivity contribution in [1.29, 1.82) is 0 Å². The Morgan fingerprint density at radius 3 is 1.35 bits per heavy atom. The highest BCUT2D eigenvalue weighted by Crippen LogP contribution is 2.64. The van der Waals surface area contributed by atoms with Gasteiger partial charge in [0.15, 0.2) is 0 Å². The molecule has 0 aromatic heterocycles. The van der Waals surface area contributed by atoms with Gasteiger partial charge in [-0.2, -0.15) is 0 Å². The standard InChI is InChI=1S/C52H86O8/c1-35(2)37-15-19-43-39(29-37)17-21-45-49(43,5)23-13-25-51(45,7)47(55)59-33-41(53)31-57-27-11-9-10-12-28-58-32-42(54)34-60-48(56)52(8)26-14-24-50(6)44-20-16-38(36(3)4)30-40(44)18-22-46(50)52/h35-38,41-42,45-46,53-54H,9-34H2,1-8H3. The summed E-state index contributed by atoms with van der Waals surface area (Å²) >= 11 is 0. The predicted octanol–water partition coefficient (Wildman–Crippen LogP) is 11.1. The topological polar surface area (TPSA) is 112 Å². The van der Waals surface area contributed by atoms with Crippen molar-refractivity contribution in [1.82, 2.24) is 0 Å². The number of hydrogen-bond donors (Lipinski definition) is 2. The molecule has 0 spiro atoms. The van der Waals surface area contributed by atoms with E-state index in [0.29, 0.717) is 25.0 Å². The van der Waals surface area contributed by atoms with Gasteiger partial charge in [0.2, 0.25) is 0 Å². The highest BCUT2D eigenvalue weighted by Gasteiger charge is 2.58. The molecule has 2 saturated carbocycles. The molecule has 6 aliphatic carbocycles. The van der Waals surface area contributed by atoms with Crippen LogP contribution < -0.4 is 0 Å². The van der Waals surface area contributed by atoms with Gasteiger partial charge >= 0.3 is 11.9 Å². The third-order valence-electron chi connectivity index (χ3n) is 17.7. The summed E-state index contributed by atoms with van der Waals surface area (Å²) in [6, 6.07) is 0. The van der Waals surface area contributed by atoms with Gasteiger partial charge in [0, 0.05) is 13.2 Å². The molecule has 0 radical (unpaired) electrons. The third-order valence-corrected chi connectivity index (χ3v) is 17.7. The highest BCUT2D eigenvalue weighted by molar-refractivity contribution is 5.78. The molecular weight excluding hydrogens is 753 g/mol. The van der Waals surface area contributed by atoms with E-state index >= 15 is 0 Å². The first-order valence-corrected chi connectivity index (χ1v) is 24.8. The molecule has 8 heteroatoms. The van der Waals surface area contributed by atoms with Crippen LogP contribution in [0.2, 0.25) is 0 Å². The van der Waals surface area contributed by atoms with Crippen LogP contribution in [0.25, 0.3) is 0 Å². The minimum Gasteiger partial charge on any atom is -0.462 e. The number of fused-ring (bicyclic) bond motifs is 4. The number of esters is 2. The number of allylic oxidation sites excluding steroid dienone is 4. The molecule has 0 amide bonds. The van der Waals surface area contributed by atoms with Gasteiger partial charge in [-0.25, -0.2) is 0 Å². The van der Waals surface area contributed by atoms with Crippen molar-refractivity contribution in [2.75, 3.05) is 39.6 Å². The summed E-state index contributed by atoms with van der Waals surface area (Å²) in [5.74, 6) is 3.31. The Morgan fingerprint density at radius 1 is 0.567 bits per heavy atom. The average Bonchev–Trinajstić information content (AvgIpc) is 3.21. The third kappa shape index (κ3) is 10.3. The van der Waals surface area contributed by atoms with E-state index in [-0.39, 0.29) is 49.2 Å². The summed E-state index contributed by atoms with van der Waals surface area (Å²) < 4.78 is 23.2. The normalized spacial score (nSPS) is 35.3. The van der Waals surface area contributed by atoms with Gasteiger partial charge in [-0.3, -0.25) is 9.59 Å². The number of carbonyl (C=O) groups excluding carboxylic acids is 2. The molecule has 0 aromatic carbocycles. The van der Waals surface area contributed by atoms with Crippen molar-refractivity contribution in [2.45, 2.75) is 196 Å². The maximum atomic E-state index is 13.7. The first-order chi connectivity index (χ1) is 28.5. The molecule has 2 N–H and O–H groups in total. The van der Waals surface area contributed by atoms with Crippen LogP contribution in [0.1, 0.15) is 184 Å². The number of rotatable bonds is 19. The van der Waals surface area contributed by atoms with Crippen LogP contribution in [0.3, 0.4) is 0 Å². The van der Waals surface area contributed by atoms with E-state index in [4.69, 9.17) is 18.9 Å². The van der Waals surface area contributed by atoms with Crippen LogP contribution in [0, 0.1) is 57.2 Å². The molecule has 0 heterocycles.